The number of para-hydroxylation sites is 1. The summed E-state index contributed by atoms with van der Waals surface area (Å²) in [4.78, 5) is 23.9. The van der Waals surface area contributed by atoms with E-state index in [1.807, 2.05) is 54.6 Å². The van der Waals surface area contributed by atoms with E-state index in [9.17, 15) is 9.59 Å². The highest BCUT2D eigenvalue weighted by Gasteiger charge is 2.16. The summed E-state index contributed by atoms with van der Waals surface area (Å²) < 4.78 is 1.54. The molecule has 0 aliphatic rings. The number of halogens is 1. The van der Waals surface area contributed by atoms with Crippen molar-refractivity contribution in [3.05, 3.63) is 76.9 Å². The number of carbonyl (C=O) groups excluding carboxylic acids is 2. The average molecular weight is 383 g/mol. The Labute approximate surface area is 162 Å². The van der Waals surface area contributed by atoms with Crippen LogP contribution in [0.15, 0.2) is 60.7 Å². The standard InChI is InChI=1S/C20H19ClN4O2/c1-14(26)23-19-13-18(24-25(19)17-8-3-2-4-9-17)20(27)22-11-10-15-6-5-7-16(21)12-15/h2-9,12-13H,10-11H2,1H3,(H,22,27)(H,23,26). The van der Waals surface area contributed by atoms with Crippen molar-refractivity contribution in [2.24, 2.45) is 0 Å². The molecule has 6 nitrogen and oxygen atoms in total. The molecule has 2 amide bonds. The number of rotatable bonds is 6. The first kappa shape index (κ1) is 18.7. The molecule has 3 aromatic rings. The van der Waals surface area contributed by atoms with Crippen LogP contribution in [0.25, 0.3) is 5.69 Å². The first-order valence-corrected chi connectivity index (χ1v) is 8.86. The van der Waals surface area contributed by atoms with Crippen molar-refractivity contribution in [1.29, 1.82) is 0 Å². The lowest BCUT2D eigenvalue weighted by Crippen LogP contribution is -2.26. The molecule has 0 saturated carbocycles. The van der Waals surface area contributed by atoms with E-state index in [2.05, 4.69) is 15.7 Å². The van der Waals surface area contributed by atoms with Crippen LogP contribution in [0.5, 0.6) is 0 Å². The van der Waals surface area contributed by atoms with Crippen LogP contribution in [-0.2, 0) is 11.2 Å². The van der Waals surface area contributed by atoms with Crippen LogP contribution in [0.3, 0.4) is 0 Å². The molecule has 0 atom stereocenters. The van der Waals surface area contributed by atoms with Crippen LogP contribution in [0.2, 0.25) is 5.02 Å². The van der Waals surface area contributed by atoms with Crippen LogP contribution in [0.1, 0.15) is 23.0 Å². The first-order chi connectivity index (χ1) is 13.0. The normalized spacial score (nSPS) is 10.4. The summed E-state index contributed by atoms with van der Waals surface area (Å²) >= 11 is 5.97. The van der Waals surface area contributed by atoms with Crippen molar-refractivity contribution in [2.45, 2.75) is 13.3 Å². The van der Waals surface area contributed by atoms with Gasteiger partial charge in [-0.15, -0.1) is 0 Å². The van der Waals surface area contributed by atoms with Crippen molar-refractivity contribution in [2.75, 3.05) is 11.9 Å². The van der Waals surface area contributed by atoms with E-state index in [0.29, 0.717) is 23.8 Å². The molecular weight excluding hydrogens is 364 g/mol. The van der Waals surface area contributed by atoms with Crippen LogP contribution < -0.4 is 10.6 Å². The highest BCUT2D eigenvalue weighted by atomic mass is 35.5. The minimum atomic E-state index is -0.307. The minimum Gasteiger partial charge on any atom is -0.350 e. The van der Waals surface area contributed by atoms with Crippen LogP contribution >= 0.6 is 11.6 Å². The van der Waals surface area contributed by atoms with Crippen molar-refractivity contribution in [3.63, 3.8) is 0 Å². The Hall–Kier alpha value is -3.12. The van der Waals surface area contributed by atoms with Gasteiger partial charge in [-0.05, 0) is 36.2 Å². The topological polar surface area (TPSA) is 76.0 Å². The zero-order chi connectivity index (χ0) is 19.2. The van der Waals surface area contributed by atoms with E-state index in [0.717, 1.165) is 11.3 Å². The Kier molecular flexibility index (Phi) is 5.88. The number of benzene rings is 2. The number of hydrogen-bond donors (Lipinski definition) is 2. The monoisotopic (exact) mass is 382 g/mol. The molecule has 0 unspecified atom stereocenters. The van der Waals surface area contributed by atoms with E-state index in [4.69, 9.17) is 11.6 Å². The van der Waals surface area contributed by atoms with Gasteiger partial charge in [-0.25, -0.2) is 4.68 Å². The maximum atomic E-state index is 12.5. The lowest BCUT2D eigenvalue weighted by molar-refractivity contribution is -0.114. The lowest BCUT2D eigenvalue weighted by atomic mass is 10.1. The summed E-state index contributed by atoms with van der Waals surface area (Å²) in [6.45, 7) is 1.86. The largest absolute Gasteiger partial charge is 0.350 e. The van der Waals surface area contributed by atoms with Gasteiger partial charge in [0.1, 0.15) is 5.82 Å². The smallest absolute Gasteiger partial charge is 0.271 e. The Morgan fingerprint density at radius 3 is 2.56 bits per heavy atom. The Bertz CT molecular complexity index is 954. The highest BCUT2D eigenvalue weighted by Crippen LogP contribution is 2.17. The van der Waals surface area contributed by atoms with Gasteiger partial charge in [0.15, 0.2) is 5.69 Å². The quantitative estimate of drug-likeness (QED) is 0.685. The fraction of sp³-hybridized carbons (Fsp3) is 0.150. The second-order valence-corrected chi connectivity index (χ2v) is 6.42. The molecule has 1 heterocycles. The van der Waals surface area contributed by atoms with E-state index in [1.165, 1.54) is 11.6 Å². The molecule has 0 spiro atoms. The fourth-order valence-electron chi connectivity index (χ4n) is 2.63. The summed E-state index contributed by atoms with van der Waals surface area (Å²) in [5.41, 5.74) is 2.02. The van der Waals surface area contributed by atoms with Crippen molar-refractivity contribution in [3.8, 4) is 5.69 Å². The number of carbonyl (C=O) groups is 2. The van der Waals surface area contributed by atoms with Crippen LogP contribution in [0, 0.1) is 0 Å². The van der Waals surface area contributed by atoms with E-state index in [-0.39, 0.29) is 17.5 Å². The predicted octanol–water partition coefficient (Wildman–Crippen LogP) is 3.46. The average Bonchev–Trinajstić information content (AvgIpc) is 3.05. The molecule has 27 heavy (non-hydrogen) atoms. The Morgan fingerprint density at radius 2 is 1.85 bits per heavy atom. The molecule has 2 N–H and O–H groups in total. The Balaban J connectivity index is 1.72. The molecule has 1 aromatic heterocycles. The van der Waals surface area contributed by atoms with Gasteiger partial charge in [-0.3, -0.25) is 9.59 Å². The SMILES string of the molecule is CC(=O)Nc1cc(C(=O)NCCc2cccc(Cl)c2)nn1-c1ccccc1. The van der Waals surface area contributed by atoms with Crippen molar-refractivity contribution in [1.82, 2.24) is 15.1 Å². The van der Waals surface area contributed by atoms with E-state index in [1.54, 1.807) is 6.07 Å². The summed E-state index contributed by atoms with van der Waals surface area (Å²) in [6.07, 6.45) is 0.657. The maximum Gasteiger partial charge on any atom is 0.271 e. The van der Waals surface area contributed by atoms with Gasteiger partial charge in [-0.2, -0.15) is 5.10 Å². The molecule has 0 bridgehead atoms. The molecule has 3 rings (SSSR count). The number of anilines is 1. The minimum absolute atomic E-state index is 0.230. The zero-order valence-electron chi connectivity index (χ0n) is 14.8. The van der Waals surface area contributed by atoms with Crippen molar-refractivity contribution >= 4 is 29.2 Å². The fourth-order valence-corrected chi connectivity index (χ4v) is 2.84. The van der Waals surface area contributed by atoms with Gasteiger partial charge in [0, 0.05) is 24.6 Å². The second-order valence-electron chi connectivity index (χ2n) is 5.98. The Morgan fingerprint density at radius 1 is 1.07 bits per heavy atom. The number of hydrogen-bond acceptors (Lipinski definition) is 3. The number of nitrogens with zero attached hydrogens (tertiary/aromatic N) is 2. The molecule has 0 radical (unpaired) electrons. The molecule has 138 valence electrons. The maximum absolute atomic E-state index is 12.5. The van der Waals surface area contributed by atoms with Crippen LogP contribution in [0.4, 0.5) is 5.82 Å². The van der Waals surface area contributed by atoms with Gasteiger partial charge in [0.25, 0.3) is 5.91 Å². The molecule has 0 aliphatic heterocycles. The molecule has 0 saturated heterocycles. The van der Waals surface area contributed by atoms with Gasteiger partial charge >= 0.3 is 0 Å². The van der Waals surface area contributed by atoms with Gasteiger partial charge < -0.3 is 10.6 Å². The third-order valence-corrected chi connectivity index (χ3v) is 4.07. The van der Waals surface area contributed by atoms with E-state index < -0.39 is 0 Å². The molecule has 0 aliphatic carbocycles. The lowest BCUT2D eigenvalue weighted by Gasteiger charge is -2.06. The highest BCUT2D eigenvalue weighted by molar-refractivity contribution is 6.30. The molecule has 0 fully saturated rings. The first-order valence-electron chi connectivity index (χ1n) is 8.48. The number of aromatic nitrogens is 2. The summed E-state index contributed by atoms with van der Waals surface area (Å²) in [5.74, 6) is -0.105. The third kappa shape index (κ3) is 4.95. The third-order valence-electron chi connectivity index (χ3n) is 3.84. The molecule has 2 aromatic carbocycles. The van der Waals surface area contributed by atoms with E-state index >= 15 is 0 Å². The second kappa shape index (κ2) is 8.51. The van der Waals surface area contributed by atoms with Gasteiger partial charge in [0.2, 0.25) is 5.91 Å². The molecule has 7 heteroatoms. The van der Waals surface area contributed by atoms with Crippen molar-refractivity contribution < 1.29 is 9.59 Å². The predicted molar refractivity (Wildman–Crippen MR) is 105 cm³/mol. The summed E-state index contributed by atoms with van der Waals surface area (Å²) in [7, 11) is 0. The number of amides is 2. The van der Waals surface area contributed by atoms with Gasteiger partial charge in [-0.1, -0.05) is 41.9 Å². The van der Waals surface area contributed by atoms with Gasteiger partial charge in [0.05, 0.1) is 5.69 Å². The number of nitrogens with one attached hydrogen (secondary N) is 2. The van der Waals surface area contributed by atoms with Crippen LogP contribution in [-0.4, -0.2) is 28.1 Å². The molecular formula is C20H19ClN4O2. The zero-order valence-corrected chi connectivity index (χ0v) is 15.5. The summed E-state index contributed by atoms with van der Waals surface area (Å²) in [6, 6.07) is 18.4. The summed E-state index contributed by atoms with van der Waals surface area (Å²) in [5, 5.41) is 10.6.